The number of benzene rings is 2. The second-order valence-corrected chi connectivity index (χ2v) is 9.36. The molecule has 0 radical (unpaired) electrons. The van der Waals surface area contributed by atoms with Crippen LogP contribution in [0.15, 0.2) is 54.6 Å². The first kappa shape index (κ1) is 19.8. The molecule has 7 heteroatoms. The molecule has 2 aromatic rings. The minimum absolute atomic E-state index is 0.151. The van der Waals surface area contributed by atoms with Crippen LogP contribution < -0.4 is 4.90 Å². The van der Waals surface area contributed by atoms with E-state index in [0.717, 1.165) is 16.8 Å². The van der Waals surface area contributed by atoms with E-state index in [1.165, 1.54) is 4.31 Å². The van der Waals surface area contributed by atoms with Gasteiger partial charge in [0.1, 0.15) is 5.25 Å². The molecule has 2 atom stereocenters. The third-order valence-electron chi connectivity index (χ3n) is 5.00. The van der Waals surface area contributed by atoms with Crippen molar-refractivity contribution in [1.29, 1.82) is 0 Å². The van der Waals surface area contributed by atoms with Crippen LogP contribution in [0.5, 0.6) is 0 Å². The third-order valence-corrected chi connectivity index (χ3v) is 7.16. The summed E-state index contributed by atoms with van der Waals surface area (Å²) in [5.41, 5.74) is 2.96. The topological polar surface area (TPSA) is 53.1 Å². The lowest BCUT2D eigenvalue weighted by atomic mass is 10.0. The molecule has 6 nitrogen and oxygen atoms in total. The Balaban J connectivity index is 1.84. The monoisotopic (exact) mass is 389 g/mol. The predicted molar refractivity (Wildman–Crippen MR) is 108 cm³/mol. The maximum absolute atomic E-state index is 13.3. The quantitative estimate of drug-likeness (QED) is 0.760. The fourth-order valence-electron chi connectivity index (χ4n) is 3.40. The van der Waals surface area contributed by atoms with Gasteiger partial charge in [-0.05, 0) is 23.3 Å². The maximum Gasteiger partial charge on any atom is 0.221 e. The number of hydrogen-bond donors (Lipinski definition) is 0. The van der Waals surface area contributed by atoms with E-state index in [1.807, 2.05) is 73.6 Å². The third kappa shape index (κ3) is 4.16. The Morgan fingerprint density at radius 3 is 2.26 bits per heavy atom. The second kappa shape index (κ2) is 7.98. The predicted octanol–water partition coefficient (Wildman–Crippen LogP) is 2.50. The SMILES string of the molecule is CN(C)c1ccc([C@@H]2[C@@H](S(=O)(=O)N(C)Cc3ccccc3)CON2C)cc1. The summed E-state index contributed by atoms with van der Waals surface area (Å²) in [6, 6.07) is 17.2. The number of hydrogen-bond acceptors (Lipinski definition) is 5. The van der Waals surface area contributed by atoms with Gasteiger partial charge < -0.3 is 4.90 Å². The van der Waals surface area contributed by atoms with Crippen LogP contribution in [0.1, 0.15) is 17.2 Å². The van der Waals surface area contributed by atoms with Crippen molar-refractivity contribution in [2.24, 2.45) is 0 Å². The van der Waals surface area contributed by atoms with Crippen LogP contribution >= 0.6 is 0 Å². The molecule has 0 spiro atoms. The van der Waals surface area contributed by atoms with Gasteiger partial charge in [-0.1, -0.05) is 42.5 Å². The zero-order valence-corrected chi connectivity index (χ0v) is 17.1. The first-order valence-corrected chi connectivity index (χ1v) is 10.4. The smallest absolute Gasteiger partial charge is 0.221 e. The summed E-state index contributed by atoms with van der Waals surface area (Å²) in [6.07, 6.45) is 0. The van der Waals surface area contributed by atoms with Crippen molar-refractivity contribution < 1.29 is 13.3 Å². The summed E-state index contributed by atoms with van der Waals surface area (Å²) in [7, 11) is 3.84. The molecule has 2 aromatic carbocycles. The molecule has 3 rings (SSSR count). The van der Waals surface area contributed by atoms with E-state index in [1.54, 1.807) is 19.2 Å². The number of nitrogens with zero attached hydrogens (tertiary/aromatic N) is 3. The average Bonchev–Trinajstić information content (AvgIpc) is 3.05. The lowest BCUT2D eigenvalue weighted by molar-refractivity contribution is -0.110. The van der Waals surface area contributed by atoms with Gasteiger partial charge in [0.25, 0.3) is 0 Å². The number of anilines is 1. The highest BCUT2D eigenvalue weighted by molar-refractivity contribution is 7.89. The second-order valence-electron chi connectivity index (χ2n) is 7.10. The summed E-state index contributed by atoms with van der Waals surface area (Å²) >= 11 is 0. The number of sulfonamides is 1. The van der Waals surface area contributed by atoms with E-state index in [2.05, 4.69) is 0 Å². The van der Waals surface area contributed by atoms with Crippen LogP contribution in [0.2, 0.25) is 0 Å². The molecular formula is C20H27N3O3S. The maximum atomic E-state index is 13.3. The van der Waals surface area contributed by atoms with Crippen molar-refractivity contribution in [2.75, 3.05) is 39.7 Å². The molecule has 1 aliphatic heterocycles. The van der Waals surface area contributed by atoms with Crippen LogP contribution in [-0.2, 0) is 21.4 Å². The molecule has 1 fully saturated rings. The van der Waals surface area contributed by atoms with Crippen molar-refractivity contribution in [2.45, 2.75) is 17.8 Å². The Bertz CT molecular complexity index is 854. The highest BCUT2D eigenvalue weighted by atomic mass is 32.2. The van der Waals surface area contributed by atoms with Gasteiger partial charge in [0.05, 0.1) is 12.6 Å². The van der Waals surface area contributed by atoms with Gasteiger partial charge in [-0.3, -0.25) is 4.84 Å². The molecule has 0 amide bonds. The Kier molecular flexibility index (Phi) is 5.86. The summed E-state index contributed by atoms with van der Waals surface area (Å²) in [5, 5.41) is 1.00. The molecule has 0 bridgehead atoms. The van der Waals surface area contributed by atoms with Gasteiger partial charge >= 0.3 is 0 Å². The van der Waals surface area contributed by atoms with E-state index in [0.29, 0.717) is 6.54 Å². The Hall–Kier alpha value is -1.93. The molecule has 1 heterocycles. The molecule has 1 aliphatic rings. The summed E-state index contributed by atoms with van der Waals surface area (Å²) < 4.78 is 27.9. The zero-order valence-electron chi connectivity index (χ0n) is 16.2. The van der Waals surface area contributed by atoms with Crippen LogP contribution in [0, 0.1) is 0 Å². The van der Waals surface area contributed by atoms with Gasteiger partial charge in [-0.25, -0.2) is 12.7 Å². The highest BCUT2D eigenvalue weighted by Gasteiger charge is 2.44. The van der Waals surface area contributed by atoms with Crippen LogP contribution in [0.25, 0.3) is 0 Å². The van der Waals surface area contributed by atoms with Gasteiger partial charge in [0.15, 0.2) is 0 Å². The molecule has 0 saturated carbocycles. The lowest BCUT2D eigenvalue weighted by Gasteiger charge is -2.27. The molecular weight excluding hydrogens is 362 g/mol. The van der Waals surface area contributed by atoms with Gasteiger partial charge in [0, 0.05) is 40.4 Å². The van der Waals surface area contributed by atoms with Crippen molar-refractivity contribution in [3.05, 3.63) is 65.7 Å². The number of rotatable bonds is 6. The van der Waals surface area contributed by atoms with Gasteiger partial charge in [-0.15, -0.1) is 0 Å². The van der Waals surface area contributed by atoms with E-state index in [9.17, 15) is 8.42 Å². The molecule has 1 saturated heterocycles. The molecule has 0 N–H and O–H groups in total. The molecule has 0 aromatic heterocycles. The van der Waals surface area contributed by atoms with E-state index in [4.69, 9.17) is 4.84 Å². The Labute approximate surface area is 162 Å². The fourth-order valence-corrected chi connectivity index (χ4v) is 5.08. The Morgan fingerprint density at radius 2 is 1.67 bits per heavy atom. The van der Waals surface area contributed by atoms with Crippen LogP contribution in [-0.4, -0.2) is 57.8 Å². The van der Waals surface area contributed by atoms with Crippen molar-refractivity contribution in [3.63, 3.8) is 0 Å². The minimum Gasteiger partial charge on any atom is -0.378 e. The standard InChI is InChI=1S/C20H27N3O3S/c1-21(2)18-12-10-17(11-13-18)20-19(15-26-23(20)4)27(24,25)22(3)14-16-8-6-5-7-9-16/h5-13,19-20H,14-15H2,1-4H3/t19-,20+/m0/s1. The summed E-state index contributed by atoms with van der Waals surface area (Å²) in [6.45, 7) is 0.494. The summed E-state index contributed by atoms with van der Waals surface area (Å²) in [4.78, 5) is 7.63. The van der Waals surface area contributed by atoms with Crippen molar-refractivity contribution in [1.82, 2.24) is 9.37 Å². The van der Waals surface area contributed by atoms with Crippen molar-refractivity contribution >= 4 is 15.7 Å². The van der Waals surface area contributed by atoms with E-state index in [-0.39, 0.29) is 12.6 Å². The van der Waals surface area contributed by atoms with Crippen LogP contribution in [0.3, 0.4) is 0 Å². The first-order chi connectivity index (χ1) is 12.8. The lowest BCUT2D eigenvalue weighted by Crippen LogP contribution is -2.40. The Morgan fingerprint density at radius 1 is 1.04 bits per heavy atom. The molecule has 0 aliphatic carbocycles. The van der Waals surface area contributed by atoms with E-state index >= 15 is 0 Å². The fraction of sp³-hybridized carbons (Fsp3) is 0.400. The summed E-state index contributed by atoms with van der Waals surface area (Å²) in [5.74, 6) is 0. The first-order valence-electron chi connectivity index (χ1n) is 8.93. The molecule has 0 unspecified atom stereocenters. The van der Waals surface area contributed by atoms with E-state index < -0.39 is 15.3 Å². The highest BCUT2D eigenvalue weighted by Crippen LogP contribution is 2.35. The van der Waals surface area contributed by atoms with Crippen molar-refractivity contribution in [3.8, 4) is 0 Å². The minimum atomic E-state index is -3.54. The molecule has 146 valence electrons. The van der Waals surface area contributed by atoms with Gasteiger partial charge in [-0.2, -0.15) is 5.06 Å². The molecule has 27 heavy (non-hydrogen) atoms. The largest absolute Gasteiger partial charge is 0.378 e. The zero-order chi connectivity index (χ0) is 19.6. The average molecular weight is 390 g/mol. The normalized spacial score (nSPS) is 20.9. The number of hydroxylamine groups is 2. The van der Waals surface area contributed by atoms with Crippen LogP contribution in [0.4, 0.5) is 5.69 Å². The van der Waals surface area contributed by atoms with Gasteiger partial charge in [0.2, 0.25) is 10.0 Å².